The second-order valence-corrected chi connectivity index (χ2v) is 3.91. The zero-order valence-electron chi connectivity index (χ0n) is 11.4. The Labute approximate surface area is 117 Å². The van der Waals surface area contributed by atoms with Crippen LogP contribution in [0.1, 0.15) is 20.3 Å². The third-order valence-corrected chi connectivity index (χ3v) is 2.48. The van der Waals surface area contributed by atoms with Gasteiger partial charge in [0.15, 0.2) is 5.92 Å². The van der Waals surface area contributed by atoms with Gasteiger partial charge in [-0.15, -0.1) is 0 Å². The van der Waals surface area contributed by atoms with Gasteiger partial charge in [0.2, 0.25) is 0 Å². The highest BCUT2D eigenvalue weighted by molar-refractivity contribution is 6.01. The molecule has 0 bridgehead atoms. The van der Waals surface area contributed by atoms with Gasteiger partial charge in [-0.3, -0.25) is 14.9 Å². The fraction of sp³-hybridized carbons (Fsp3) is 0.357. The summed E-state index contributed by atoms with van der Waals surface area (Å²) >= 11 is 0. The maximum absolute atomic E-state index is 11.7. The Bertz CT molecular complexity index is 472. The summed E-state index contributed by atoms with van der Waals surface area (Å²) < 4.78 is 9.33. The smallest absolute Gasteiger partial charge is 0.419 e. The van der Waals surface area contributed by atoms with Gasteiger partial charge < -0.3 is 9.47 Å². The first-order chi connectivity index (χ1) is 9.58. The summed E-state index contributed by atoms with van der Waals surface area (Å²) in [5.74, 6) is -2.69. The zero-order valence-corrected chi connectivity index (χ0v) is 11.4. The van der Waals surface area contributed by atoms with E-state index in [9.17, 15) is 14.4 Å². The number of benzene rings is 1. The molecule has 0 saturated heterocycles. The Morgan fingerprint density at radius 2 is 1.75 bits per heavy atom. The number of esters is 2. The predicted octanol–water partition coefficient (Wildman–Crippen LogP) is 2.35. The van der Waals surface area contributed by atoms with Gasteiger partial charge in [0, 0.05) is 5.69 Å². The second kappa shape index (κ2) is 7.93. The lowest BCUT2D eigenvalue weighted by atomic mass is 10.1. The lowest BCUT2D eigenvalue weighted by molar-refractivity contribution is -0.158. The molecule has 1 unspecified atom stereocenters. The van der Waals surface area contributed by atoms with Crippen molar-refractivity contribution in [2.24, 2.45) is 5.92 Å². The summed E-state index contributed by atoms with van der Waals surface area (Å²) in [5, 5.41) is 2.39. The van der Waals surface area contributed by atoms with Gasteiger partial charge in [-0.25, -0.2) is 4.79 Å². The summed E-state index contributed by atoms with van der Waals surface area (Å²) in [6, 6.07) is 8.54. The predicted molar refractivity (Wildman–Crippen MR) is 72.0 cm³/mol. The second-order valence-electron chi connectivity index (χ2n) is 3.91. The topological polar surface area (TPSA) is 81.7 Å². The molecule has 108 valence electrons. The van der Waals surface area contributed by atoms with Crippen molar-refractivity contribution in [1.29, 1.82) is 0 Å². The molecular weight excluding hydrogens is 262 g/mol. The monoisotopic (exact) mass is 279 g/mol. The average Bonchev–Trinajstić information content (AvgIpc) is 2.40. The third-order valence-electron chi connectivity index (χ3n) is 2.48. The molecule has 0 aromatic heterocycles. The summed E-state index contributed by atoms with van der Waals surface area (Å²) in [7, 11) is 0. The highest BCUT2D eigenvalue weighted by atomic mass is 16.6. The number of anilines is 1. The molecule has 1 rings (SSSR count). The van der Waals surface area contributed by atoms with Gasteiger partial charge in [0.25, 0.3) is 0 Å². The summed E-state index contributed by atoms with van der Waals surface area (Å²) in [6.45, 7) is 3.44. The quantitative estimate of drug-likeness (QED) is 0.661. The molecule has 0 spiro atoms. The summed E-state index contributed by atoms with van der Waals surface area (Å²) in [6.07, 6.45) is -0.722. The van der Waals surface area contributed by atoms with Crippen LogP contribution in [-0.4, -0.2) is 24.6 Å². The number of amides is 1. The van der Waals surface area contributed by atoms with Crippen LogP contribution in [-0.2, 0) is 19.1 Å². The minimum atomic E-state index is -1.09. The lowest BCUT2D eigenvalue weighted by Crippen LogP contribution is -2.30. The molecule has 0 aliphatic heterocycles. The molecule has 0 heterocycles. The average molecular weight is 279 g/mol. The molecule has 1 atom stereocenters. The molecule has 0 aliphatic rings. The van der Waals surface area contributed by atoms with Gasteiger partial charge >= 0.3 is 18.0 Å². The normalized spacial score (nSPS) is 11.3. The number of rotatable bonds is 5. The van der Waals surface area contributed by atoms with Crippen molar-refractivity contribution in [1.82, 2.24) is 0 Å². The molecule has 0 fully saturated rings. The highest BCUT2D eigenvalue weighted by Gasteiger charge is 2.29. The van der Waals surface area contributed by atoms with E-state index in [1.54, 1.807) is 44.2 Å². The molecule has 0 radical (unpaired) electrons. The van der Waals surface area contributed by atoms with E-state index in [1.807, 2.05) is 0 Å². The molecule has 1 N–H and O–H groups in total. The number of nitrogens with one attached hydrogen (secondary N) is 1. The van der Waals surface area contributed by atoms with Gasteiger partial charge in [-0.2, -0.15) is 0 Å². The van der Waals surface area contributed by atoms with E-state index in [0.29, 0.717) is 5.69 Å². The Balaban J connectivity index is 2.55. The number of hydrogen-bond acceptors (Lipinski definition) is 5. The molecule has 0 aliphatic carbocycles. The van der Waals surface area contributed by atoms with Crippen molar-refractivity contribution in [3.63, 3.8) is 0 Å². The van der Waals surface area contributed by atoms with E-state index in [4.69, 9.17) is 4.74 Å². The number of para-hydroxylation sites is 1. The van der Waals surface area contributed by atoms with E-state index in [1.165, 1.54) is 0 Å². The minimum Gasteiger partial charge on any atom is -0.465 e. The zero-order chi connectivity index (χ0) is 15.0. The van der Waals surface area contributed by atoms with Gasteiger partial charge in [-0.05, 0) is 25.5 Å². The van der Waals surface area contributed by atoms with Crippen molar-refractivity contribution >= 4 is 23.7 Å². The van der Waals surface area contributed by atoms with E-state index < -0.39 is 23.9 Å². The number of ether oxygens (including phenoxy) is 2. The van der Waals surface area contributed by atoms with Crippen LogP contribution in [0.15, 0.2) is 30.3 Å². The van der Waals surface area contributed by atoms with Gasteiger partial charge in [0.1, 0.15) is 0 Å². The van der Waals surface area contributed by atoms with Crippen LogP contribution in [0.2, 0.25) is 0 Å². The Morgan fingerprint density at radius 3 is 2.30 bits per heavy atom. The molecule has 20 heavy (non-hydrogen) atoms. The van der Waals surface area contributed by atoms with E-state index in [-0.39, 0.29) is 13.0 Å². The van der Waals surface area contributed by atoms with Crippen LogP contribution in [0.3, 0.4) is 0 Å². The van der Waals surface area contributed by atoms with Crippen molar-refractivity contribution < 1.29 is 23.9 Å². The standard InChI is InChI=1S/C14H17NO5/c1-3-11(12(16)19-4-2)13(17)20-14(18)15-10-8-6-5-7-9-10/h5-9,11H,3-4H2,1-2H3,(H,15,18). The summed E-state index contributed by atoms with van der Waals surface area (Å²) in [4.78, 5) is 34.7. The molecular formula is C14H17NO5. The van der Waals surface area contributed by atoms with Crippen molar-refractivity contribution in [2.45, 2.75) is 20.3 Å². The number of hydrogen-bond donors (Lipinski definition) is 1. The van der Waals surface area contributed by atoms with Gasteiger partial charge in [0.05, 0.1) is 6.61 Å². The third kappa shape index (κ3) is 4.72. The van der Waals surface area contributed by atoms with Gasteiger partial charge in [-0.1, -0.05) is 25.1 Å². The van der Waals surface area contributed by atoms with Crippen LogP contribution in [0.4, 0.5) is 10.5 Å². The maximum atomic E-state index is 11.7. The molecule has 1 aromatic rings. The van der Waals surface area contributed by atoms with Crippen LogP contribution in [0, 0.1) is 5.92 Å². The molecule has 6 nitrogen and oxygen atoms in total. The van der Waals surface area contributed by atoms with E-state index in [0.717, 1.165) is 0 Å². The number of carbonyl (C=O) groups excluding carboxylic acids is 3. The van der Waals surface area contributed by atoms with Crippen molar-refractivity contribution in [3.8, 4) is 0 Å². The molecule has 1 amide bonds. The Morgan fingerprint density at radius 1 is 1.10 bits per heavy atom. The Hall–Kier alpha value is -2.37. The van der Waals surface area contributed by atoms with Crippen LogP contribution < -0.4 is 5.32 Å². The van der Waals surface area contributed by atoms with Crippen LogP contribution in [0.25, 0.3) is 0 Å². The highest BCUT2D eigenvalue weighted by Crippen LogP contribution is 2.10. The largest absolute Gasteiger partial charge is 0.465 e. The SMILES string of the molecule is CCOC(=O)C(CC)C(=O)OC(=O)Nc1ccccc1. The fourth-order valence-corrected chi connectivity index (χ4v) is 1.50. The molecule has 6 heteroatoms. The summed E-state index contributed by atoms with van der Waals surface area (Å²) in [5.41, 5.74) is 0.495. The van der Waals surface area contributed by atoms with E-state index in [2.05, 4.69) is 10.1 Å². The molecule has 1 aromatic carbocycles. The van der Waals surface area contributed by atoms with Crippen molar-refractivity contribution in [3.05, 3.63) is 30.3 Å². The van der Waals surface area contributed by atoms with Crippen molar-refractivity contribution in [2.75, 3.05) is 11.9 Å². The van der Waals surface area contributed by atoms with E-state index >= 15 is 0 Å². The molecule has 0 saturated carbocycles. The fourth-order valence-electron chi connectivity index (χ4n) is 1.50. The number of carbonyl (C=O) groups is 3. The first-order valence-electron chi connectivity index (χ1n) is 6.32. The van der Waals surface area contributed by atoms with Crippen LogP contribution >= 0.6 is 0 Å². The maximum Gasteiger partial charge on any atom is 0.419 e. The first-order valence-corrected chi connectivity index (χ1v) is 6.32. The minimum absolute atomic E-state index is 0.166. The Kier molecular flexibility index (Phi) is 6.22. The first kappa shape index (κ1) is 15.7. The van der Waals surface area contributed by atoms with Crippen LogP contribution in [0.5, 0.6) is 0 Å². The lowest BCUT2D eigenvalue weighted by Gasteiger charge is -2.12.